The number of hydrogen-bond acceptors (Lipinski definition) is 3. The molecular formula is C11H21NO3. The summed E-state index contributed by atoms with van der Waals surface area (Å²) in [6.45, 7) is 4.52. The van der Waals surface area contributed by atoms with E-state index in [0.717, 1.165) is 12.8 Å². The molecule has 1 rings (SSSR count). The molecule has 2 N–H and O–H groups in total. The Balaban J connectivity index is 2.79. The highest BCUT2D eigenvalue weighted by atomic mass is 16.4. The topological polar surface area (TPSA) is 60.8 Å². The van der Waals surface area contributed by atoms with Gasteiger partial charge < -0.3 is 15.1 Å². The number of carbonyl (C=O) groups is 1. The van der Waals surface area contributed by atoms with Crippen molar-refractivity contribution >= 4 is 5.97 Å². The summed E-state index contributed by atoms with van der Waals surface area (Å²) in [5.41, 5.74) is -1.54. The largest absolute Gasteiger partial charge is 0.479 e. The molecule has 88 valence electrons. The molecule has 0 bridgehead atoms. The summed E-state index contributed by atoms with van der Waals surface area (Å²) in [5, 5.41) is 19.2. The molecule has 0 radical (unpaired) electrons. The molecule has 0 saturated carbocycles. The summed E-state index contributed by atoms with van der Waals surface area (Å²) in [4.78, 5) is 13.2. The van der Waals surface area contributed by atoms with Gasteiger partial charge in [0.25, 0.3) is 0 Å². The van der Waals surface area contributed by atoms with Gasteiger partial charge in [0.05, 0.1) is 0 Å². The molecule has 0 aromatic heterocycles. The van der Waals surface area contributed by atoms with Crippen molar-refractivity contribution in [1.29, 1.82) is 0 Å². The fourth-order valence-corrected chi connectivity index (χ4v) is 2.40. The van der Waals surface area contributed by atoms with Crippen LogP contribution in [0.5, 0.6) is 0 Å². The summed E-state index contributed by atoms with van der Waals surface area (Å²) >= 11 is 0. The number of aliphatic hydroxyl groups is 1. The van der Waals surface area contributed by atoms with Gasteiger partial charge in [-0.3, -0.25) is 0 Å². The predicted octanol–water partition coefficient (Wildman–Crippen LogP) is 0.942. The quantitative estimate of drug-likeness (QED) is 0.735. The highest BCUT2D eigenvalue weighted by Crippen LogP contribution is 2.32. The number of hydrogen-bond donors (Lipinski definition) is 2. The van der Waals surface area contributed by atoms with E-state index in [0.29, 0.717) is 13.0 Å². The van der Waals surface area contributed by atoms with Crippen molar-refractivity contribution in [2.75, 3.05) is 13.6 Å². The van der Waals surface area contributed by atoms with Crippen molar-refractivity contribution in [1.82, 2.24) is 4.90 Å². The molecule has 4 nitrogen and oxygen atoms in total. The molecule has 0 aliphatic carbocycles. The summed E-state index contributed by atoms with van der Waals surface area (Å²) in [6.07, 6.45) is 2.30. The Morgan fingerprint density at radius 1 is 1.60 bits per heavy atom. The smallest absolute Gasteiger partial charge is 0.336 e. The summed E-state index contributed by atoms with van der Waals surface area (Å²) < 4.78 is 0. The van der Waals surface area contributed by atoms with E-state index < -0.39 is 11.6 Å². The zero-order chi connectivity index (χ0) is 11.6. The Morgan fingerprint density at radius 2 is 2.20 bits per heavy atom. The van der Waals surface area contributed by atoms with Crippen LogP contribution in [0.15, 0.2) is 0 Å². The zero-order valence-electron chi connectivity index (χ0n) is 9.73. The van der Waals surface area contributed by atoms with E-state index in [-0.39, 0.29) is 12.0 Å². The molecule has 1 fully saturated rings. The van der Waals surface area contributed by atoms with E-state index in [1.165, 1.54) is 0 Å². The molecule has 0 spiro atoms. The number of carboxylic acids is 1. The van der Waals surface area contributed by atoms with Crippen LogP contribution in [0.4, 0.5) is 0 Å². The second-order valence-electron chi connectivity index (χ2n) is 4.72. The third-order valence-electron chi connectivity index (χ3n) is 3.54. The number of rotatable bonds is 3. The minimum Gasteiger partial charge on any atom is -0.479 e. The van der Waals surface area contributed by atoms with Gasteiger partial charge in [0.15, 0.2) is 5.60 Å². The Hall–Kier alpha value is -0.610. The van der Waals surface area contributed by atoms with Crippen LogP contribution in [0.3, 0.4) is 0 Å². The van der Waals surface area contributed by atoms with Crippen molar-refractivity contribution in [2.45, 2.75) is 44.8 Å². The zero-order valence-corrected chi connectivity index (χ0v) is 9.73. The maximum Gasteiger partial charge on any atom is 0.336 e. The molecule has 4 heteroatoms. The molecule has 1 aliphatic heterocycles. The van der Waals surface area contributed by atoms with Crippen molar-refractivity contribution in [3.63, 3.8) is 0 Å². The molecule has 1 saturated heterocycles. The summed E-state index contributed by atoms with van der Waals surface area (Å²) in [5.74, 6) is -1.29. The van der Waals surface area contributed by atoms with Crippen molar-refractivity contribution in [3.05, 3.63) is 0 Å². The summed E-state index contributed by atoms with van der Waals surface area (Å²) in [6, 6.07) is 0.187. The normalized spacial score (nSPS) is 37.9. The van der Waals surface area contributed by atoms with Crippen molar-refractivity contribution < 1.29 is 15.0 Å². The molecular weight excluding hydrogens is 194 g/mol. The third kappa shape index (κ3) is 2.32. The molecule has 1 heterocycles. The van der Waals surface area contributed by atoms with Crippen LogP contribution in [-0.2, 0) is 4.79 Å². The van der Waals surface area contributed by atoms with Gasteiger partial charge in [-0.15, -0.1) is 0 Å². The van der Waals surface area contributed by atoms with Gasteiger partial charge in [-0.2, -0.15) is 0 Å². The second-order valence-corrected chi connectivity index (χ2v) is 4.72. The standard InChI is InChI=1S/C11H21NO3/c1-4-5-9-6-11(15,10(13)14)8(2)7-12(9)3/h8-9,15H,4-7H2,1-3H3,(H,13,14). The van der Waals surface area contributed by atoms with Crippen LogP contribution in [0.25, 0.3) is 0 Å². The molecule has 3 atom stereocenters. The monoisotopic (exact) mass is 215 g/mol. The minimum absolute atomic E-state index is 0.187. The van der Waals surface area contributed by atoms with E-state index in [1.807, 2.05) is 7.05 Å². The van der Waals surface area contributed by atoms with Gasteiger partial charge in [-0.25, -0.2) is 4.79 Å². The minimum atomic E-state index is -1.54. The molecule has 15 heavy (non-hydrogen) atoms. The highest BCUT2D eigenvalue weighted by Gasteiger charge is 2.47. The van der Waals surface area contributed by atoms with E-state index in [1.54, 1.807) is 6.92 Å². The molecule has 0 aromatic rings. The van der Waals surface area contributed by atoms with Crippen LogP contribution in [0.2, 0.25) is 0 Å². The predicted molar refractivity (Wildman–Crippen MR) is 57.7 cm³/mol. The van der Waals surface area contributed by atoms with Crippen LogP contribution < -0.4 is 0 Å². The lowest BCUT2D eigenvalue weighted by Gasteiger charge is -2.44. The number of piperidine rings is 1. The Labute approximate surface area is 90.9 Å². The van der Waals surface area contributed by atoms with Crippen LogP contribution in [0, 0.1) is 5.92 Å². The number of likely N-dealkylation sites (tertiary alicyclic amines) is 1. The van der Waals surface area contributed by atoms with Gasteiger partial charge in [-0.1, -0.05) is 20.3 Å². The molecule has 1 aliphatic rings. The Kier molecular flexibility index (Phi) is 3.73. The lowest BCUT2D eigenvalue weighted by atomic mass is 9.78. The number of carboxylic acid groups (broad SMARTS) is 1. The summed E-state index contributed by atoms with van der Waals surface area (Å²) in [7, 11) is 2.00. The first-order valence-electron chi connectivity index (χ1n) is 5.57. The Bertz CT molecular complexity index is 244. The Morgan fingerprint density at radius 3 is 2.67 bits per heavy atom. The molecule has 3 unspecified atom stereocenters. The number of aliphatic carboxylic acids is 1. The van der Waals surface area contributed by atoms with Crippen molar-refractivity contribution in [2.24, 2.45) is 5.92 Å². The maximum atomic E-state index is 11.1. The molecule has 0 aromatic carbocycles. The van der Waals surface area contributed by atoms with Gasteiger partial charge in [0.2, 0.25) is 0 Å². The fraction of sp³-hybridized carbons (Fsp3) is 0.909. The molecule has 0 amide bonds. The average Bonchev–Trinajstić information content (AvgIpc) is 2.14. The van der Waals surface area contributed by atoms with Crippen LogP contribution in [0.1, 0.15) is 33.1 Å². The van der Waals surface area contributed by atoms with Gasteiger partial charge in [-0.05, 0) is 13.5 Å². The second kappa shape index (κ2) is 4.49. The van der Waals surface area contributed by atoms with Gasteiger partial charge in [0.1, 0.15) is 0 Å². The first-order valence-corrected chi connectivity index (χ1v) is 5.57. The number of nitrogens with zero attached hydrogens (tertiary/aromatic N) is 1. The SMILES string of the molecule is CCCC1CC(O)(C(=O)O)C(C)CN1C. The van der Waals surface area contributed by atoms with E-state index in [2.05, 4.69) is 11.8 Å². The first kappa shape index (κ1) is 12.5. The lowest BCUT2D eigenvalue weighted by molar-refractivity contribution is -0.173. The fourth-order valence-electron chi connectivity index (χ4n) is 2.40. The van der Waals surface area contributed by atoms with E-state index in [9.17, 15) is 9.90 Å². The average molecular weight is 215 g/mol. The van der Waals surface area contributed by atoms with Crippen molar-refractivity contribution in [3.8, 4) is 0 Å². The van der Waals surface area contributed by atoms with Gasteiger partial charge >= 0.3 is 5.97 Å². The van der Waals surface area contributed by atoms with Crippen LogP contribution >= 0.6 is 0 Å². The van der Waals surface area contributed by atoms with Crippen LogP contribution in [-0.4, -0.2) is 46.3 Å². The third-order valence-corrected chi connectivity index (χ3v) is 3.54. The first-order chi connectivity index (χ1) is 6.91. The maximum absolute atomic E-state index is 11.1. The van der Waals surface area contributed by atoms with Gasteiger partial charge in [0, 0.05) is 24.9 Å². The van der Waals surface area contributed by atoms with E-state index >= 15 is 0 Å². The lowest BCUT2D eigenvalue weighted by Crippen LogP contribution is -2.58. The highest BCUT2D eigenvalue weighted by molar-refractivity contribution is 5.77. The van der Waals surface area contributed by atoms with E-state index in [4.69, 9.17) is 5.11 Å².